The van der Waals surface area contributed by atoms with Crippen LogP contribution in [0.2, 0.25) is 0 Å². The number of hydrogen-bond donors (Lipinski definition) is 3. The third-order valence-electron chi connectivity index (χ3n) is 2.53. The second kappa shape index (κ2) is 4.75. The maximum Gasteiger partial charge on any atom is 0.337 e. The largest absolute Gasteiger partial charge is 0.478 e. The highest BCUT2D eigenvalue weighted by molar-refractivity contribution is 6.19. The molecule has 1 aromatic heterocycles. The van der Waals surface area contributed by atoms with Crippen molar-refractivity contribution in [1.82, 2.24) is 10.3 Å². The number of carboxylic acids is 1. The molecular weight excluding hydrogens is 232 g/mol. The monoisotopic (exact) mass is 244 g/mol. The average molecular weight is 244 g/mol. The summed E-state index contributed by atoms with van der Waals surface area (Å²) in [6.45, 7) is 1.32. The predicted molar refractivity (Wildman–Crippen MR) is 67.7 cm³/mol. The molecule has 1 amide bonds. The lowest BCUT2D eigenvalue weighted by Crippen LogP contribution is -2.14. The summed E-state index contributed by atoms with van der Waals surface area (Å²) in [6, 6.07) is 7.38. The van der Waals surface area contributed by atoms with E-state index in [0.717, 1.165) is 10.9 Å². The molecule has 2 aromatic rings. The second-order valence-electron chi connectivity index (χ2n) is 3.81. The molecule has 18 heavy (non-hydrogen) atoms. The van der Waals surface area contributed by atoms with Crippen LogP contribution in [0, 0.1) is 0 Å². The van der Waals surface area contributed by atoms with Crippen molar-refractivity contribution in [3.63, 3.8) is 0 Å². The van der Waals surface area contributed by atoms with E-state index in [1.807, 2.05) is 24.3 Å². The van der Waals surface area contributed by atoms with Crippen molar-refractivity contribution in [1.29, 1.82) is 0 Å². The SMILES string of the molecule is CC(=O)NC=C(C(=O)O)c1c[nH]c2ccccc12. The maximum absolute atomic E-state index is 11.2. The fourth-order valence-electron chi connectivity index (χ4n) is 1.72. The number of aromatic nitrogens is 1. The fourth-order valence-corrected chi connectivity index (χ4v) is 1.72. The topological polar surface area (TPSA) is 82.2 Å². The molecule has 0 bridgehead atoms. The number of nitrogens with one attached hydrogen (secondary N) is 2. The first-order valence-corrected chi connectivity index (χ1v) is 5.36. The summed E-state index contributed by atoms with van der Waals surface area (Å²) in [7, 11) is 0. The number of carbonyl (C=O) groups excluding carboxylic acids is 1. The van der Waals surface area contributed by atoms with Crippen LogP contribution in [0.1, 0.15) is 12.5 Å². The van der Waals surface area contributed by atoms with Gasteiger partial charge >= 0.3 is 5.97 Å². The number of rotatable bonds is 3. The zero-order valence-electron chi connectivity index (χ0n) is 9.73. The van der Waals surface area contributed by atoms with Crippen LogP contribution >= 0.6 is 0 Å². The van der Waals surface area contributed by atoms with Crippen LogP contribution in [-0.4, -0.2) is 22.0 Å². The molecule has 0 saturated carbocycles. The van der Waals surface area contributed by atoms with Gasteiger partial charge in [0.25, 0.3) is 0 Å². The molecule has 0 fully saturated rings. The number of benzene rings is 1. The van der Waals surface area contributed by atoms with Gasteiger partial charge < -0.3 is 15.4 Å². The van der Waals surface area contributed by atoms with Gasteiger partial charge in [0.05, 0.1) is 5.57 Å². The van der Waals surface area contributed by atoms with Crippen LogP contribution in [0.4, 0.5) is 0 Å². The summed E-state index contributed by atoms with van der Waals surface area (Å²) in [5, 5.41) is 12.4. The Morgan fingerprint density at radius 3 is 2.72 bits per heavy atom. The number of amides is 1. The number of hydrogen-bond acceptors (Lipinski definition) is 2. The minimum Gasteiger partial charge on any atom is -0.478 e. The number of H-pyrrole nitrogens is 1. The van der Waals surface area contributed by atoms with Gasteiger partial charge in [0.2, 0.25) is 5.91 Å². The summed E-state index contributed by atoms with van der Waals surface area (Å²) >= 11 is 0. The van der Waals surface area contributed by atoms with Gasteiger partial charge in [0, 0.05) is 35.8 Å². The Bertz CT molecular complexity index is 640. The van der Waals surface area contributed by atoms with Gasteiger partial charge in [-0.05, 0) is 6.07 Å². The van der Waals surface area contributed by atoms with Gasteiger partial charge in [-0.2, -0.15) is 0 Å². The number of carbonyl (C=O) groups is 2. The Morgan fingerprint density at radius 2 is 2.06 bits per heavy atom. The Labute approximate surface area is 103 Å². The van der Waals surface area contributed by atoms with Crippen molar-refractivity contribution in [3.05, 3.63) is 42.2 Å². The Morgan fingerprint density at radius 1 is 1.33 bits per heavy atom. The first-order valence-electron chi connectivity index (χ1n) is 5.36. The molecule has 0 aliphatic heterocycles. The van der Waals surface area contributed by atoms with Crippen LogP contribution in [-0.2, 0) is 9.59 Å². The first-order chi connectivity index (χ1) is 8.59. The highest BCUT2D eigenvalue weighted by Crippen LogP contribution is 2.24. The molecule has 92 valence electrons. The average Bonchev–Trinajstić information content (AvgIpc) is 2.73. The number of carboxylic acid groups (broad SMARTS) is 1. The summed E-state index contributed by atoms with van der Waals surface area (Å²) in [4.78, 5) is 25.1. The molecule has 3 N–H and O–H groups in total. The van der Waals surface area contributed by atoms with Gasteiger partial charge in [0.1, 0.15) is 0 Å². The van der Waals surface area contributed by atoms with E-state index in [0.29, 0.717) is 5.56 Å². The molecule has 2 rings (SSSR count). The summed E-state index contributed by atoms with van der Waals surface area (Å²) in [6.07, 6.45) is 2.83. The minimum absolute atomic E-state index is 0.0441. The van der Waals surface area contributed by atoms with E-state index in [1.54, 1.807) is 6.20 Å². The lowest BCUT2D eigenvalue weighted by atomic mass is 10.1. The van der Waals surface area contributed by atoms with Gasteiger partial charge in [-0.3, -0.25) is 4.79 Å². The smallest absolute Gasteiger partial charge is 0.337 e. The zero-order chi connectivity index (χ0) is 13.1. The summed E-state index contributed by atoms with van der Waals surface area (Å²) in [5.74, 6) is -1.40. The Balaban J connectivity index is 2.52. The third-order valence-corrected chi connectivity index (χ3v) is 2.53. The standard InChI is InChI=1S/C13H12N2O3/c1-8(16)14-7-11(13(17)18)10-6-15-12-5-3-2-4-9(10)12/h2-7,15H,1H3,(H,14,16)(H,17,18). The number of para-hydroxylation sites is 1. The van der Waals surface area contributed by atoms with Crippen LogP contribution in [0.3, 0.4) is 0 Å². The maximum atomic E-state index is 11.2. The summed E-state index contributed by atoms with van der Waals surface area (Å²) < 4.78 is 0. The van der Waals surface area contributed by atoms with Crippen molar-refractivity contribution in [2.75, 3.05) is 0 Å². The molecule has 5 heteroatoms. The van der Waals surface area contributed by atoms with Crippen LogP contribution in [0.5, 0.6) is 0 Å². The molecule has 0 spiro atoms. The molecule has 0 unspecified atom stereocenters. The zero-order valence-corrected chi connectivity index (χ0v) is 9.73. The van der Waals surface area contributed by atoms with Crippen molar-refractivity contribution in [2.45, 2.75) is 6.92 Å². The molecule has 0 radical (unpaired) electrons. The summed E-state index contributed by atoms with van der Waals surface area (Å²) in [5.41, 5.74) is 1.44. The van der Waals surface area contributed by atoms with E-state index in [1.165, 1.54) is 13.1 Å². The molecule has 5 nitrogen and oxygen atoms in total. The van der Waals surface area contributed by atoms with Gasteiger partial charge in [-0.15, -0.1) is 0 Å². The van der Waals surface area contributed by atoms with Crippen LogP contribution in [0.15, 0.2) is 36.7 Å². The molecule has 0 atom stereocenters. The predicted octanol–water partition coefficient (Wildman–Crippen LogP) is 1.73. The molecule has 0 saturated heterocycles. The lowest BCUT2D eigenvalue weighted by molar-refractivity contribution is -0.130. The van der Waals surface area contributed by atoms with E-state index in [9.17, 15) is 14.7 Å². The normalized spacial score (nSPS) is 11.5. The number of aromatic amines is 1. The first kappa shape index (κ1) is 11.9. The highest BCUT2D eigenvalue weighted by Gasteiger charge is 2.14. The Kier molecular flexibility index (Phi) is 3.14. The minimum atomic E-state index is -1.09. The van der Waals surface area contributed by atoms with Crippen LogP contribution in [0.25, 0.3) is 16.5 Å². The van der Waals surface area contributed by atoms with E-state index in [4.69, 9.17) is 0 Å². The Hall–Kier alpha value is -2.56. The molecule has 0 aliphatic rings. The fraction of sp³-hybridized carbons (Fsp3) is 0.0769. The number of fused-ring (bicyclic) bond motifs is 1. The van der Waals surface area contributed by atoms with Gasteiger partial charge in [-0.1, -0.05) is 18.2 Å². The lowest BCUT2D eigenvalue weighted by Gasteiger charge is -2.01. The van der Waals surface area contributed by atoms with E-state index < -0.39 is 5.97 Å². The molecule has 1 aromatic carbocycles. The van der Waals surface area contributed by atoms with E-state index >= 15 is 0 Å². The molecular formula is C13H12N2O3. The second-order valence-corrected chi connectivity index (χ2v) is 3.81. The highest BCUT2D eigenvalue weighted by atomic mass is 16.4. The number of aliphatic carboxylic acids is 1. The van der Waals surface area contributed by atoms with E-state index in [-0.39, 0.29) is 11.5 Å². The van der Waals surface area contributed by atoms with Crippen molar-refractivity contribution in [2.24, 2.45) is 0 Å². The molecule has 0 aliphatic carbocycles. The van der Waals surface area contributed by atoms with E-state index in [2.05, 4.69) is 10.3 Å². The van der Waals surface area contributed by atoms with Crippen molar-refractivity contribution >= 4 is 28.4 Å². The van der Waals surface area contributed by atoms with Gasteiger partial charge in [0.15, 0.2) is 0 Å². The van der Waals surface area contributed by atoms with Crippen molar-refractivity contribution in [3.8, 4) is 0 Å². The van der Waals surface area contributed by atoms with Gasteiger partial charge in [-0.25, -0.2) is 4.79 Å². The quantitative estimate of drug-likeness (QED) is 0.719. The molecule has 1 heterocycles. The van der Waals surface area contributed by atoms with Crippen molar-refractivity contribution < 1.29 is 14.7 Å². The third kappa shape index (κ3) is 2.24. The van der Waals surface area contributed by atoms with Crippen LogP contribution < -0.4 is 5.32 Å².